The number of nitrogens with one attached hydrogen (secondary N) is 1. The first-order valence-corrected chi connectivity index (χ1v) is 7.15. The largest absolute Gasteiger partial charge is 0.393 e. The number of hydrogen-bond acceptors (Lipinski definition) is 3. The van der Waals surface area contributed by atoms with E-state index in [0.717, 1.165) is 19.5 Å². The molecule has 4 heteroatoms. The third-order valence-corrected chi connectivity index (χ3v) is 4.87. The van der Waals surface area contributed by atoms with Crippen LogP contribution in [0.4, 0.5) is 0 Å². The summed E-state index contributed by atoms with van der Waals surface area (Å²) in [5, 5.41) is 13.1. The smallest absolute Gasteiger partial charge is 0.230 e. The Balaban J connectivity index is 2.10. The number of rotatable bonds is 2. The molecular formula is C14H26N2O2. The van der Waals surface area contributed by atoms with Crippen LogP contribution in [0.3, 0.4) is 0 Å². The molecule has 3 atom stereocenters. The summed E-state index contributed by atoms with van der Waals surface area (Å²) in [4.78, 5) is 14.8. The quantitative estimate of drug-likeness (QED) is 0.768. The third-order valence-electron chi connectivity index (χ3n) is 4.87. The van der Waals surface area contributed by atoms with Crippen LogP contribution in [0, 0.1) is 17.3 Å². The predicted molar refractivity (Wildman–Crippen MR) is 71.1 cm³/mol. The molecule has 2 N–H and O–H groups in total. The van der Waals surface area contributed by atoms with E-state index in [-0.39, 0.29) is 17.4 Å². The van der Waals surface area contributed by atoms with Gasteiger partial charge < -0.3 is 15.3 Å². The molecular weight excluding hydrogens is 228 g/mol. The molecule has 18 heavy (non-hydrogen) atoms. The van der Waals surface area contributed by atoms with Crippen LogP contribution in [0.15, 0.2) is 0 Å². The molecule has 2 rings (SSSR count). The van der Waals surface area contributed by atoms with Gasteiger partial charge in [0.15, 0.2) is 0 Å². The lowest BCUT2D eigenvalue weighted by molar-refractivity contribution is -0.147. The Hall–Kier alpha value is -0.610. The molecule has 0 aromatic heterocycles. The SMILES string of the molecule is CC1CN(C(=O)C2(C(C)C)CCNC2)CCC1O. The summed E-state index contributed by atoms with van der Waals surface area (Å²) in [6, 6.07) is 0. The van der Waals surface area contributed by atoms with Crippen LogP contribution in [-0.2, 0) is 4.79 Å². The van der Waals surface area contributed by atoms with E-state index in [1.54, 1.807) is 0 Å². The maximum Gasteiger partial charge on any atom is 0.230 e. The van der Waals surface area contributed by atoms with Gasteiger partial charge in [-0.2, -0.15) is 0 Å². The first kappa shape index (κ1) is 13.8. The number of aliphatic hydroxyl groups is 1. The van der Waals surface area contributed by atoms with Crippen molar-refractivity contribution in [3.05, 3.63) is 0 Å². The highest BCUT2D eigenvalue weighted by Gasteiger charge is 2.46. The molecule has 0 radical (unpaired) electrons. The average Bonchev–Trinajstić information content (AvgIpc) is 2.82. The van der Waals surface area contributed by atoms with Crippen molar-refractivity contribution in [2.75, 3.05) is 26.2 Å². The number of piperidine rings is 1. The summed E-state index contributed by atoms with van der Waals surface area (Å²) in [6.45, 7) is 9.47. The molecule has 2 aliphatic rings. The lowest BCUT2D eigenvalue weighted by Crippen LogP contribution is -2.53. The van der Waals surface area contributed by atoms with E-state index >= 15 is 0 Å². The monoisotopic (exact) mass is 254 g/mol. The highest BCUT2D eigenvalue weighted by atomic mass is 16.3. The summed E-state index contributed by atoms with van der Waals surface area (Å²) in [5.41, 5.74) is -0.220. The van der Waals surface area contributed by atoms with Crippen molar-refractivity contribution >= 4 is 5.91 Å². The average molecular weight is 254 g/mol. The summed E-state index contributed by atoms with van der Waals surface area (Å²) >= 11 is 0. The molecule has 2 heterocycles. The van der Waals surface area contributed by atoms with Crippen LogP contribution < -0.4 is 5.32 Å². The van der Waals surface area contributed by atoms with Gasteiger partial charge in [-0.1, -0.05) is 20.8 Å². The van der Waals surface area contributed by atoms with Crippen molar-refractivity contribution < 1.29 is 9.90 Å². The Bertz CT molecular complexity index is 311. The number of nitrogens with zero attached hydrogens (tertiary/aromatic N) is 1. The van der Waals surface area contributed by atoms with E-state index in [1.165, 1.54) is 0 Å². The van der Waals surface area contributed by atoms with Crippen molar-refractivity contribution in [1.82, 2.24) is 10.2 Å². The summed E-state index contributed by atoms with van der Waals surface area (Å²) < 4.78 is 0. The molecule has 0 aromatic carbocycles. The van der Waals surface area contributed by atoms with Gasteiger partial charge in [0, 0.05) is 19.6 Å². The number of carbonyl (C=O) groups excluding carboxylic acids is 1. The van der Waals surface area contributed by atoms with E-state index in [0.29, 0.717) is 31.3 Å². The topological polar surface area (TPSA) is 52.6 Å². The minimum Gasteiger partial charge on any atom is -0.393 e. The van der Waals surface area contributed by atoms with Gasteiger partial charge in [0.25, 0.3) is 0 Å². The second-order valence-corrected chi connectivity index (χ2v) is 6.32. The molecule has 0 aromatic rings. The second-order valence-electron chi connectivity index (χ2n) is 6.32. The standard InChI is InChI=1S/C14H26N2O2/c1-10(2)14(5-6-15-9-14)13(18)16-7-4-12(17)11(3)8-16/h10-12,15,17H,4-9H2,1-3H3. The minimum atomic E-state index is -0.245. The molecule has 2 saturated heterocycles. The molecule has 0 aliphatic carbocycles. The Labute approximate surface area is 110 Å². The molecule has 0 spiro atoms. The Kier molecular flexibility index (Phi) is 3.97. The lowest BCUT2D eigenvalue weighted by atomic mass is 9.74. The highest BCUT2D eigenvalue weighted by Crippen LogP contribution is 2.37. The van der Waals surface area contributed by atoms with Crippen molar-refractivity contribution in [2.45, 2.75) is 39.7 Å². The minimum absolute atomic E-state index is 0.196. The number of amides is 1. The Morgan fingerprint density at radius 1 is 1.50 bits per heavy atom. The molecule has 3 unspecified atom stereocenters. The van der Waals surface area contributed by atoms with Crippen molar-refractivity contribution in [2.24, 2.45) is 17.3 Å². The summed E-state index contributed by atoms with van der Waals surface area (Å²) in [6.07, 6.45) is 1.41. The number of likely N-dealkylation sites (tertiary alicyclic amines) is 1. The summed E-state index contributed by atoms with van der Waals surface area (Å²) in [5.74, 6) is 0.852. The molecule has 0 saturated carbocycles. The van der Waals surface area contributed by atoms with Gasteiger partial charge in [0.2, 0.25) is 5.91 Å². The van der Waals surface area contributed by atoms with Crippen LogP contribution in [-0.4, -0.2) is 48.2 Å². The van der Waals surface area contributed by atoms with Gasteiger partial charge in [-0.15, -0.1) is 0 Å². The normalized spacial score (nSPS) is 37.3. The fraction of sp³-hybridized carbons (Fsp3) is 0.929. The maximum atomic E-state index is 12.8. The van der Waals surface area contributed by atoms with E-state index < -0.39 is 0 Å². The van der Waals surface area contributed by atoms with E-state index in [9.17, 15) is 9.90 Å². The zero-order valence-electron chi connectivity index (χ0n) is 11.8. The van der Waals surface area contributed by atoms with Gasteiger partial charge in [-0.25, -0.2) is 0 Å². The fourth-order valence-corrected chi connectivity index (χ4v) is 3.27. The number of aliphatic hydroxyl groups excluding tert-OH is 1. The number of hydrogen-bond donors (Lipinski definition) is 2. The van der Waals surface area contributed by atoms with Crippen molar-refractivity contribution in [1.29, 1.82) is 0 Å². The first-order chi connectivity index (χ1) is 8.47. The zero-order chi connectivity index (χ0) is 13.3. The van der Waals surface area contributed by atoms with Crippen LogP contribution >= 0.6 is 0 Å². The third kappa shape index (κ3) is 2.28. The van der Waals surface area contributed by atoms with Gasteiger partial charge in [-0.3, -0.25) is 4.79 Å². The highest BCUT2D eigenvalue weighted by molar-refractivity contribution is 5.84. The Morgan fingerprint density at radius 2 is 2.22 bits per heavy atom. The van der Waals surface area contributed by atoms with Crippen LogP contribution in [0.1, 0.15) is 33.6 Å². The molecule has 104 valence electrons. The van der Waals surface area contributed by atoms with Crippen molar-refractivity contribution in [3.8, 4) is 0 Å². The van der Waals surface area contributed by atoms with Gasteiger partial charge >= 0.3 is 0 Å². The van der Waals surface area contributed by atoms with Gasteiger partial charge in [0.05, 0.1) is 11.5 Å². The zero-order valence-corrected chi connectivity index (χ0v) is 11.8. The second kappa shape index (κ2) is 5.17. The van der Waals surface area contributed by atoms with E-state index in [4.69, 9.17) is 0 Å². The molecule has 0 bridgehead atoms. The first-order valence-electron chi connectivity index (χ1n) is 7.15. The van der Waals surface area contributed by atoms with Crippen LogP contribution in [0.25, 0.3) is 0 Å². The molecule has 4 nitrogen and oxygen atoms in total. The van der Waals surface area contributed by atoms with Gasteiger partial charge in [-0.05, 0) is 31.2 Å². The Morgan fingerprint density at radius 3 is 2.72 bits per heavy atom. The molecule has 1 amide bonds. The van der Waals surface area contributed by atoms with Gasteiger partial charge in [0.1, 0.15) is 0 Å². The van der Waals surface area contributed by atoms with E-state index in [1.807, 2.05) is 11.8 Å². The van der Waals surface area contributed by atoms with E-state index in [2.05, 4.69) is 19.2 Å². The molecule has 2 fully saturated rings. The van der Waals surface area contributed by atoms with Crippen molar-refractivity contribution in [3.63, 3.8) is 0 Å². The fourth-order valence-electron chi connectivity index (χ4n) is 3.27. The predicted octanol–water partition coefficient (Wildman–Crippen LogP) is 0.851. The summed E-state index contributed by atoms with van der Waals surface area (Å²) in [7, 11) is 0. The lowest BCUT2D eigenvalue weighted by Gasteiger charge is -2.41. The number of carbonyl (C=O) groups is 1. The van der Waals surface area contributed by atoms with Crippen LogP contribution in [0.2, 0.25) is 0 Å². The maximum absolute atomic E-state index is 12.8. The van der Waals surface area contributed by atoms with Crippen LogP contribution in [0.5, 0.6) is 0 Å². The molecule has 2 aliphatic heterocycles.